The van der Waals surface area contributed by atoms with Gasteiger partial charge in [0.05, 0.1) is 6.10 Å². The highest BCUT2D eigenvalue weighted by Gasteiger charge is 2.02. The van der Waals surface area contributed by atoms with Gasteiger partial charge in [-0.25, -0.2) is 0 Å². The molecule has 0 fully saturated rings. The van der Waals surface area contributed by atoms with Crippen molar-refractivity contribution in [3.8, 4) is 0 Å². The van der Waals surface area contributed by atoms with E-state index in [4.69, 9.17) is 16.2 Å². The van der Waals surface area contributed by atoms with Crippen molar-refractivity contribution in [2.24, 2.45) is 16.5 Å². The Morgan fingerprint density at radius 3 is 2.54 bits per heavy atom. The van der Waals surface area contributed by atoms with E-state index in [2.05, 4.69) is 11.9 Å². The van der Waals surface area contributed by atoms with Gasteiger partial charge >= 0.3 is 0 Å². The van der Waals surface area contributed by atoms with Crippen LogP contribution in [0.3, 0.4) is 0 Å². The molecule has 4 N–H and O–H groups in total. The quantitative estimate of drug-likeness (QED) is 0.352. The van der Waals surface area contributed by atoms with Crippen LogP contribution < -0.4 is 11.5 Å². The summed E-state index contributed by atoms with van der Waals surface area (Å²) in [5.74, 6) is 0.179. The average molecular weight is 187 g/mol. The summed E-state index contributed by atoms with van der Waals surface area (Å²) in [7, 11) is 1.75. The van der Waals surface area contributed by atoms with Crippen LogP contribution in [-0.4, -0.2) is 25.7 Å². The van der Waals surface area contributed by atoms with Crippen molar-refractivity contribution >= 4 is 5.96 Å². The fourth-order valence-electron chi connectivity index (χ4n) is 1.18. The van der Waals surface area contributed by atoms with Crippen LogP contribution in [0.1, 0.15) is 32.6 Å². The van der Waals surface area contributed by atoms with E-state index >= 15 is 0 Å². The summed E-state index contributed by atoms with van der Waals surface area (Å²) in [5, 5.41) is 0. The highest BCUT2D eigenvalue weighted by molar-refractivity contribution is 5.75. The first-order chi connectivity index (χ1) is 6.20. The highest BCUT2D eigenvalue weighted by atomic mass is 16.5. The van der Waals surface area contributed by atoms with Gasteiger partial charge in [-0.1, -0.05) is 6.92 Å². The van der Waals surface area contributed by atoms with Crippen molar-refractivity contribution in [1.82, 2.24) is 0 Å². The lowest BCUT2D eigenvalue weighted by molar-refractivity contribution is 0.0900. The minimum absolute atomic E-state index is 0.179. The molecule has 1 unspecified atom stereocenters. The van der Waals surface area contributed by atoms with Gasteiger partial charge in [0.25, 0.3) is 0 Å². The SMILES string of the molecule is CCC(CCCCN=C(N)N)OC. The molecule has 0 rings (SSSR count). The molecule has 0 aromatic heterocycles. The topological polar surface area (TPSA) is 73.6 Å². The van der Waals surface area contributed by atoms with Crippen molar-refractivity contribution < 1.29 is 4.74 Å². The summed E-state index contributed by atoms with van der Waals surface area (Å²) in [6.07, 6.45) is 4.69. The van der Waals surface area contributed by atoms with Gasteiger partial charge in [0.15, 0.2) is 5.96 Å². The third-order valence-corrected chi connectivity index (χ3v) is 2.02. The van der Waals surface area contributed by atoms with Crippen LogP contribution in [0.5, 0.6) is 0 Å². The third kappa shape index (κ3) is 7.59. The number of guanidine groups is 1. The van der Waals surface area contributed by atoms with Gasteiger partial charge in [0.1, 0.15) is 0 Å². The van der Waals surface area contributed by atoms with Crippen LogP contribution in [0.2, 0.25) is 0 Å². The van der Waals surface area contributed by atoms with Crippen molar-refractivity contribution in [3.05, 3.63) is 0 Å². The molecule has 0 amide bonds. The largest absolute Gasteiger partial charge is 0.381 e. The summed E-state index contributed by atoms with van der Waals surface area (Å²) in [6.45, 7) is 2.85. The van der Waals surface area contributed by atoms with Crippen LogP contribution in [0.25, 0.3) is 0 Å². The van der Waals surface area contributed by atoms with Gasteiger partial charge in [-0.3, -0.25) is 4.99 Å². The molecule has 0 aliphatic heterocycles. The number of rotatable bonds is 7. The lowest BCUT2D eigenvalue weighted by atomic mass is 10.1. The van der Waals surface area contributed by atoms with Crippen molar-refractivity contribution in [3.63, 3.8) is 0 Å². The second-order valence-corrected chi connectivity index (χ2v) is 3.07. The molecule has 4 nitrogen and oxygen atoms in total. The maximum Gasteiger partial charge on any atom is 0.185 e. The fourth-order valence-corrected chi connectivity index (χ4v) is 1.18. The summed E-state index contributed by atoms with van der Waals surface area (Å²) in [4.78, 5) is 3.90. The normalized spacial score (nSPS) is 12.5. The van der Waals surface area contributed by atoms with Crippen molar-refractivity contribution in [1.29, 1.82) is 0 Å². The Morgan fingerprint density at radius 1 is 1.38 bits per heavy atom. The number of ether oxygens (including phenoxy) is 1. The van der Waals surface area contributed by atoms with Crippen LogP contribution in [0.4, 0.5) is 0 Å². The molecule has 0 aromatic rings. The van der Waals surface area contributed by atoms with Crippen LogP contribution in [-0.2, 0) is 4.74 Å². The highest BCUT2D eigenvalue weighted by Crippen LogP contribution is 2.07. The molecule has 0 spiro atoms. The Morgan fingerprint density at radius 2 is 2.08 bits per heavy atom. The molecule has 0 radical (unpaired) electrons. The molecule has 0 saturated carbocycles. The van der Waals surface area contributed by atoms with E-state index in [-0.39, 0.29) is 5.96 Å². The fraction of sp³-hybridized carbons (Fsp3) is 0.889. The van der Waals surface area contributed by atoms with E-state index < -0.39 is 0 Å². The molecule has 78 valence electrons. The van der Waals surface area contributed by atoms with E-state index in [0.29, 0.717) is 6.10 Å². The van der Waals surface area contributed by atoms with E-state index in [1.165, 1.54) is 0 Å². The van der Waals surface area contributed by atoms with Gasteiger partial charge in [-0.2, -0.15) is 0 Å². The molecule has 0 aliphatic carbocycles. The molecule has 0 saturated heterocycles. The number of hydrogen-bond donors (Lipinski definition) is 2. The number of nitrogens with zero attached hydrogens (tertiary/aromatic N) is 1. The molecule has 0 aliphatic rings. The van der Waals surface area contributed by atoms with E-state index in [1.54, 1.807) is 7.11 Å². The predicted octanol–water partition coefficient (Wildman–Crippen LogP) is 0.855. The number of nitrogens with two attached hydrogens (primary N) is 2. The smallest absolute Gasteiger partial charge is 0.185 e. The van der Waals surface area contributed by atoms with Gasteiger partial charge in [0.2, 0.25) is 0 Å². The molecular weight excluding hydrogens is 166 g/mol. The molecular formula is C9H21N3O. The van der Waals surface area contributed by atoms with Crippen LogP contribution in [0, 0.1) is 0 Å². The predicted molar refractivity (Wildman–Crippen MR) is 55.6 cm³/mol. The Balaban J connectivity index is 3.29. The molecule has 13 heavy (non-hydrogen) atoms. The number of unbranched alkanes of at least 4 members (excludes halogenated alkanes) is 1. The summed E-state index contributed by atoms with van der Waals surface area (Å²) < 4.78 is 5.24. The maximum absolute atomic E-state index is 5.24. The minimum atomic E-state index is 0.179. The Hall–Kier alpha value is -0.770. The lowest BCUT2D eigenvalue weighted by Crippen LogP contribution is -2.23. The van der Waals surface area contributed by atoms with Gasteiger partial charge in [0, 0.05) is 13.7 Å². The Labute approximate surface area is 80.3 Å². The first kappa shape index (κ1) is 12.2. The third-order valence-electron chi connectivity index (χ3n) is 2.02. The molecule has 0 heterocycles. The summed E-state index contributed by atoms with van der Waals surface area (Å²) >= 11 is 0. The summed E-state index contributed by atoms with van der Waals surface area (Å²) in [6, 6.07) is 0. The minimum Gasteiger partial charge on any atom is -0.381 e. The first-order valence-corrected chi connectivity index (χ1v) is 4.78. The monoisotopic (exact) mass is 187 g/mol. The van der Waals surface area contributed by atoms with E-state index in [0.717, 1.165) is 32.2 Å². The zero-order valence-electron chi connectivity index (χ0n) is 8.62. The van der Waals surface area contributed by atoms with Crippen molar-refractivity contribution in [2.45, 2.75) is 38.7 Å². The zero-order valence-corrected chi connectivity index (χ0v) is 8.62. The maximum atomic E-state index is 5.24. The number of hydrogen-bond acceptors (Lipinski definition) is 2. The lowest BCUT2D eigenvalue weighted by Gasteiger charge is -2.11. The molecule has 0 bridgehead atoms. The van der Waals surface area contributed by atoms with Crippen molar-refractivity contribution in [2.75, 3.05) is 13.7 Å². The number of aliphatic imine (C=N–C) groups is 1. The summed E-state index contributed by atoms with van der Waals surface area (Å²) in [5.41, 5.74) is 10.4. The second-order valence-electron chi connectivity index (χ2n) is 3.07. The van der Waals surface area contributed by atoms with Gasteiger partial charge < -0.3 is 16.2 Å². The van der Waals surface area contributed by atoms with E-state index in [9.17, 15) is 0 Å². The average Bonchev–Trinajstić information content (AvgIpc) is 2.11. The van der Waals surface area contributed by atoms with Crippen LogP contribution in [0.15, 0.2) is 4.99 Å². The molecule has 0 aromatic carbocycles. The van der Waals surface area contributed by atoms with Gasteiger partial charge in [-0.15, -0.1) is 0 Å². The number of methoxy groups -OCH3 is 1. The van der Waals surface area contributed by atoms with E-state index in [1.807, 2.05) is 0 Å². The molecule has 1 atom stereocenters. The zero-order chi connectivity index (χ0) is 10.1. The first-order valence-electron chi connectivity index (χ1n) is 4.78. The second kappa shape index (κ2) is 7.86. The van der Waals surface area contributed by atoms with Crippen LogP contribution >= 0.6 is 0 Å². The Kier molecular flexibility index (Phi) is 7.39. The molecule has 4 heteroatoms. The standard InChI is InChI=1S/C9H21N3O/c1-3-8(13-2)6-4-5-7-12-9(10)11/h8H,3-7H2,1-2H3,(H4,10,11,12). The Bertz CT molecular complexity index is 140. The van der Waals surface area contributed by atoms with Gasteiger partial charge in [-0.05, 0) is 25.7 Å².